The van der Waals surface area contributed by atoms with E-state index < -0.39 is 10.0 Å². The second kappa shape index (κ2) is 4.83. The fraction of sp³-hybridized carbons (Fsp3) is 1.00. The number of nitrogens with one attached hydrogen (secondary N) is 1. The minimum absolute atomic E-state index is 0.0253. The maximum atomic E-state index is 10.6. The van der Waals surface area contributed by atoms with Crippen molar-refractivity contribution in [1.82, 2.24) is 5.32 Å². The molecule has 0 aromatic heterocycles. The van der Waals surface area contributed by atoms with Gasteiger partial charge in [-0.2, -0.15) is 11.8 Å². The van der Waals surface area contributed by atoms with E-state index >= 15 is 0 Å². The molecule has 0 aliphatic heterocycles. The van der Waals surface area contributed by atoms with Crippen LogP contribution >= 0.6 is 11.8 Å². The van der Waals surface area contributed by atoms with Crippen molar-refractivity contribution in [2.24, 2.45) is 5.14 Å². The molecular formula is C8H18N2O2S2. The number of nitrogens with two attached hydrogens (primary N) is 1. The summed E-state index contributed by atoms with van der Waals surface area (Å²) in [5, 5.41) is 8.05. The molecule has 1 saturated carbocycles. The van der Waals surface area contributed by atoms with Gasteiger partial charge in [0.1, 0.15) is 0 Å². The summed E-state index contributed by atoms with van der Waals surface area (Å²) in [7, 11) is -3.31. The standard InChI is InChI=1S/C8H18N2O2S2/c1-13-8(3-2-4-8)7-10-5-6-14(9,11)12/h10H,2-7H2,1H3,(H2,9,11,12). The third-order valence-electron chi connectivity index (χ3n) is 2.71. The number of sulfonamides is 1. The average molecular weight is 238 g/mol. The molecular weight excluding hydrogens is 220 g/mol. The van der Waals surface area contributed by atoms with Crippen LogP contribution < -0.4 is 10.5 Å². The van der Waals surface area contributed by atoms with Gasteiger partial charge in [0.05, 0.1) is 5.75 Å². The lowest BCUT2D eigenvalue weighted by atomic mass is 9.84. The summed E-state index contributed by atoms with van der Waals surface area (Å²) >= 11 is 1.87. The van der Waals surface area contributed by atoms with Crippen LogP contribution in [0.2, 0.25) is 0 Å². The number of thioether (sulfide) groups is 1. The van der Waals surface area contributed by atoms with Crippen LogP contribution in [0.3, 0.4) is 0 Å². The highest BCUT2D eigenvalue weighted by atomic mass is 32.2. The Hall–Kier alpha value is 0.220. The first-order valence-corrected chi connectivity index (χ1v) is 7.68. The van der Waals surface area contributed by atoms with Crippen LogP contribution in [0, 0.1) is 0 Å². The SMILES string of the molecule is CSC1(CNCCS(N)(=O)=O)CCC1. The predicted octanol–water partition coefficient (Wildman–Crippen LogP) is 0.150. The van der Waals surface area contributed by atoms with Crippen molar-refractivity contribution in [2.75, 3.05) is 25.1 Å². The Morgan fingerprint density at radius 1 is 1.50 bits per heavy atom. The number of primary sulfonamides is 1. The van der Waals surface area contributed by atoms with Crippen molar-refractivity contribution in [1.29, 1.82) is 0 Å². The summed E-state index contributed by atoms with van der Waals surface area (Å²) < 4.78 is 21.6. The van der Waals surface area contributed by atoms with Crippen LogP contribution in [-0.2, 0) is 10.0 Å². The van der Waals surface area contributed by atoms with Crippen LogP contribution in [-0.4, -0.2) is 38.3 Å². The van der Waals surface area contributed by atoms with Gasteiger partial charge in [-0.3, -0.25) is 0 Å². The molecule has 0 radical (unpaired) electrons. The van der Waals surface area contributed by atoms with Crippen LogP contribution in [0.15, 0.2) is 0 Å². The van der Waals surface area contributed by atoms with Crippen LogP contribution in [0.1, 0.15) is 19.3 Å². The zero-order chi connectivity index (χ0) is 10.7. The lowest BCUT2D eigenvalue weighted by molar-refractivity contribution is 0.349. The van der Waals surface area contributed by atoms with E-state index in [4.69, 9.17) is 5.14 Å². The highest BCUT2D eigenvalue weighted by molar-refractivity contribution is 8.00. The zero-order valence-electron chi connectivity index (χ0n) is 8.45. The van der Waals surface area contributed by atoms with Gasteiger partial charge in [-0.05, 0) is 19.1 Å². The minimum Gasteiger partial charge on any atom is -0.314 e. The van der Waals surface area contributed by atoms with Gasteiger partial charge in [0, 0.05) is 17.8 Å². The third-order valence-corrected chi connectivity index (χ3v) is 4.90. The number of rotatable bonds is 6. The Morgan fingerprint density at radius 3 is 2.50 bits per heavy atom. The summed E-state index contributed by atoms with van der Waals surface area (Å²) in [6, 6.07) is 0. The first-order chi connectivity index (χ1) is 6.47. The van der Waals surface area contributed by atoms with E-state index in [1.165, 1.54) is 19.3 Å². The second-order valence-corrected chi connectivity index (χ2v) is 6.79. The Bertz CT molecular complexity index is 268. The van der Waals surface area contributed by atoms with Crippen LogP contribution in [0.5, 0.6) is 0 Å². The van der Waals surface area contributed by atoms with E-state index in [1.807, 2.05) is 11.8 Å². The van der Waals surface area contributed by atoms with Gasteiger partial charge in [0.25, 0.3) is 0 Å². The Kier molecular flexibility index (Phi) is 4.24. The van der Waals surface area contributed by atoms with Crippen molar-refractivity contribution in [3.63, 3.8) is 0 Å². The molecule has 84 valence electrons. The second-order valence-electron chi connectivity index (χ2n) is 3.78. The zero-order valence-corrected chi connectivity index (χ0v) is 10.1. The summed E-state index contributed by atoms with van der Waals surface area (Å²) in [4.78, 5) is 0. The van der Waals surface area contributed by atoms with Gasteiger partial charge < -0.3 is 5.32 Å². The Morgan fingerprint density at radius 2 is 2.14 bits per heavy atom. The molecule has 4 nitrogen and oxygen atoms in total. The molecule has 0 amide bonds. The summed E-state index contributed by atoms with van der Waals surface area (Å²) in [6.07, 6.45) is 5.87. The van der Waals surface area contributed by atoms with Gasteiger partial charge in [-0.15, -0.1) is 0 Å². The maximum Gasteiger partial charge on any atom is 0.210 e. The maximum absolute atomic E-state index is 10.6. The lowest BCUT2D eigenvalue weighted by Crippen LogP contribution is -2.44. The molecule has 1 fully saturated rings. The summed E-state index contributed by atoms with van der Waals surface area (Å²) in [5.41, 5.74) is 0. The predicted molar refractivity (Wildman–Crippen MR) is 60.9 cm³/mol. The monoisotopic (exact) mass is 238 g/mol. The fourth-order valence-corrected chi connectivity index (χ4v) is 2.93. The molecule has 0 spiro atoms. The van der Waals surface area contributed by atoms with Crippen molar-refractivity contribution in [2.45, 2.75) is 24.0 Å². The molecule has 6 heteroatoms. The minimum atomic E-state index is -3.31. The topological polar surface area (TPSA) is 72.2 Å². The Labute approximate surface area is 90.1 Å². The molecule has 14 heavy (non-hydrogen) atoms. The quantitative estimate of drug-likeness (QED) is 0.646. The average Bonchev–Trinajstić information content (AvgIpc) is 2.00. The Balaban J connectivity index is 2.15. The van der Waals surface area contributed by atoms with E-state index in [2.05, 4.69) is 11.6 Å². The van der Waals surface area contributed by atoms with E-state index in [-0.39, 0.29) is 5.75 Å². The van der Waals surface area contributed by atoms with Crippen molar-refractivity contribution in [3.8, 4) is 0 Å². The van der Waals surface area contributed by atoms with E-state index in [1.54, 1.807) is 0 Å². The normalized spacial score (nSPS) is 20.4. The molecule has 3 N–H and O–H groups in total. The van der Waals surface area contributed by atoms with E-state index in [9.17, 15) is 8.42 Å². The summed E-state index contributed by atoms with van der Waals surface area (Å²) in [5.74, 6) is 0.0253. The van der Waals surface area contributed by atoms with E-state index in [0.29, 0.717) is 11.3 Å². The first-order valence-electron chi connectivity index (χ1n) is 4.74. The van der Waals surface area contributed by atoms with Gasteiger partial charge >= 0.3 is 0 Å². The lowest BCUT2D eigenvalue weighted by Gasteiger charge is -2.40. The van der Waals surface area contributed by atoms with E-state index in [0.717, 1.165) is 6.54 Å². The highest BCUT2D eigenvalue weighted by Gasteiger charge is 2.35. The molecule has 0 bridgehead atoms. The molecule has 0 heterocycles. The fourth-order valence-electron chi connectivity index (χ4n) is 1.55. The molecule has 0 saturated heterocycles. The molecule has 1 aliphatic rings. The largest absolute Gasteiger partial charge is 0.314 e. The first kappa shape index (κ1) is 12.3. The molecule has 0 aromatic rings. The molecule has 1 rings (SSSR count). The van der Waals surface area contributed by atoms with Gasteiger partial charge in [-0.25, -0.2) is 13.6 Å². The summed E-state index contributed by atoms with van der Waals surface area (Å²) in [6.45, 7) is 1.35. The molecule has 0 unspecified atom stereocenters. The number of hydrogen-bond acceptors (Lipinski definition) is 4. The van der Waals surface area contributed by atoms with Gasteiger partial charge in [-0.1, -0.05) is 6.42 Å². The molecule has 0 atom stereocenters. The van der Waals surface area contributed by atoms with Crippen molar-refractivity contribution in [3.05, 3.63) is 0 Å². The highest BCUT2D eigenvalue weighted by Crippen LogP contribution is 2.41. The third kappa shape index (κ3) is 3.76. The smallest absolute Gasteiger partial charge is 0.210 e. The number of hydrogen-bond donors (Lipinski definition) is 2. The van der Waals surface area contributed by atoms with Crippen molar-refractivity contribution >= 4 is 21.8 Å². The molecule has 1 aliphatic carbocycles. The van der Waals surface area contributed by atoms with Crippen LogP contribution in [0.25, 0.3) is 0 Å². The van der Waals surface area contributed by atoms with Gasteiger partial charge in [0.2, 0.25) is 10.0 Å². The van der Waals surface area contributed by atoms with Crippen molar-refractivity contribution < 1.29 is 8.42 Å². The molecule has 0 aromatic carbocycles. The van der Waals surface area contributed by atoms with Gasteiger partial charge in [0.15, 0.2) is 0 Å². The van der Waals surface area contributed by atoms with Crippen LogP contribution in [0.4, 0.5) is 0 Å².